The molecule has 0 radical (unpaired) electrons. The smallest absolute Gasteiger partial charge is 0.255 e. The van der Waals surface area contributed by atoms with E-state index in [1.54, 1.807) is 37.6 Å². The van der Waals surface area contributed by atoms with Crippen molar-refractivity contribution in [2.24, 2.45) is 0 Å². The van der Waals surface area contributed by atoms with Gasteiger partial charge in [0.1, 0.15) is 29.5 Å². The summed E-state index contributed by atoms with van der Waals surface area (Å²) in [6.45, 7) is 2.95. The first-order valence-corrected chi connectivity index (χ1v) is 8.82. The van der Waals surface area contributed by atoms with Gasteiger partial charge in [0.05, 0.1) is 12.7 Å². The van der Waals surface area contributed by atoms with Gasteiger partial charge in [0, 0.05) is 25.4 Å². The number of rotatable bonds is 8. The van der Waals surface area contributed by atoms with Crippen LogP contribution in [0.3, 0.4) is 0 Å². The SMILES string of the molecule is COc1ccccc1C(=O)NCCNc1cc(Nc2cc(C)ccn2)ncn1. The van der Waals surface area contributed by atoms with E-state index >= 15 is 0 Å². The number of carbonyl (C=O) groups is 1. The van der Waals surface area contributed by atoms with E-state index in [-0.39, 0.29) is 5.91 Å². The molecule has 8 nitrogen and oxygen atoms in total. The number of carbonyl (C=O) groups excluding carboxylic acids is 1. The topological polar surface area (TPSA) is 101 Å². The summed E-state index contributed by atoms with van der Waals surface area (Å²) in [5.74, 6) is 2.36. The number of hydrogen-bond donors (Lipinski definition) is 3. The van der Waals surface area contributed by atoms with Gasteiger partial charge in [-0.1, -0.05) is 12.1 Å². The molecule has 0 bridgehead atoms. The van der Waals surface area contributed by atoms with Crippen LogP contribution in [0.4, 0.5) is 17.5 Å². The van der Waals surface area contributed by atoms with Crippen LogP contribution in [0.5, 0.6) is 5.75 Å². The van der Waals surface area contributed by atoms with E-state index < -0.39 is 0 Å². The van der Waals surface area contributed by atoms with E-state index in [4.69, 9.17) is 4.74 Å². The number of aryl methyl sites for hydroxylation is 1. The lowest BCUT2D eigenvalue weighted by molar-refractivity contribution is 0.0952. The van der Waals surface area contributed by atoms with Gasteiger partial charge in [-0.3, -0.25) is 4.79 Å². The molecule has 3 N–H and O–H groups in total. The molecule has 2 aromatic heterocycles. The maximum Gasteiger partial charge on any atom is 0.255 e. The molecule has 0 atom stereocenters. The zero-order valence-corrected chi connectivity index (χ0v) is 15.8. The molecule has 2 heterocycles. The van der Waals surface area contributed by atoms with Crippen molar-refractivity contribution in [1.29, 1.82) is 0 Å². The van der Waals surface area contributed by atoms with Crippen LogP contribution in [0.1, 0.15) is 15.9 Å². The number of benzene rings is 1. The summed E-state index contributed by atoms with van der Waals surface area (Å²) in [5.41, 5.74) is 1.61. The van der Waals surface area contributed by atoms with Crippen molar-refractivity contribution in [2.45, 2.75) is 6.92 Å². The number of nitrogens with zero attached hydrogens (tertiary/aromatic N) is 3. The van der Waals surface area contributed by atoms with Gasteiger partial charge in [-0.25, -0.2) is 15.0 Å². The predicted octanol–water partition coefficient (Wildman–Crippen LogP) is 2.77. The molecule has 8 heteroatoms. The third kappa shape index (κ3) is 5.16. The average molecular weight is 378 g/mol. The predicted molar refractivity (Wildman–Crippen MR) is 108 cm³/mol. The number of ether oxygens (including phenoxy) is 1. The van der Waals surface area contributed by atoms with Gasteiger partial charge in [0.25, 0.3) is 5.91 Å². The quantitative estimate of drug-likeness (QED) is 0.518. The van der Waals surface area contributed by atoms with E-state index in [0.717, 1.165) is 5.56 Å². The van der Waals surface area contributed by atoms with E-state index in [0.29, 0.717) is 41.9 Å². The van der Waals surface area contributed by atoms with Crippen LogP contribution < -0.4 is 20.7 Å². The Bertz CT molecular complexity index is 947. The Morgan fingerprint density at radius 2 is 1.79 bits per heavy atom. The van der Waals surface area contributed by atoms with E-state index in [2.05, 4.69) is 30.9 Å². The molecule has 144 valence electrons. The summed E-state index contributed by atoms with van der Waals surface area (Å²) in [7, 11) is 1.54. The molecule has 28 heavy (non-hydrogen) atoms. The van der Waals surface area contributed by atoms with Gasteiger partial charge in [-0.05, 0) is 36.8 Å². The highest BCUT2D eigenvalue weighted by Crippen LogP contribution is 2.17. The summed E-state index contributed by atoms with van der Waals surface area (Å²) in [6, 6.07) is 12.7. The van der Waals surface area contributed by atoms with E-state index in [1.807, 2.05) is 25.1 Å². The maximum absolute atomic E-state index is 12.3. The summed E-state index contributed by atoms with van der Waals surface area (Å²) >= 11 is 0. The molecular formula is C20H22N6O2. The first-order chi connectivity index (χ1) is 13.7. The van der Waals surface area contributed by atoms with Gasteiger partial charge in [0.2, 0.25) is 0 Å². The molecule has 0 aliphatic heterocycles. The third-order valence-corrected chi connectivity index (χ3v) is 3.91. The van der Waals surface area contributed by atoms with Crippen molar-refractivity contribution in [2.75, 3.05) is 30.8 Å². The van der Waals surface area contributed by atoms with Crippen LogP contribution >= 0.6 is 0 Å². The average Bonchev–Trinajstić information content (AvgIpc) is 2.71. The molecule has 3 aromatic rings. The van der Waals surface area contributed by atoms with Gasteiger partial charge in [0.15, 0.2) is 0 Å². The second-order valence-electron chi connectivity index (χ2n) is 6.01. The molecule has 0 fully saturated rings. The van der Waals surface area contributed by atoms with Crippen molar-refractivity contribution in [1.82, 2.24) is 20.3 Å². The lowest BCUT2D eigenvalue weighted by Gasteiger charge is -2.10. The van der Waals surface area contributed by atoms with Crippen LogP contribution in [-0.4, -0.2) is 41.1 Å². The van der Waals surface area contributed by atoms with Crippen LogP contribution in [0.2, 0.25) is 0 Å². The minimum Gasteiger partial charge on any atom is -0.496 e. The minimum atomic E-state index is -0.185. The molecule has 0 saturated heterocycles. The molecule has 1 aromatic carbocycles. The van der Waals surface area contributed by atoms with Crippen LogP contribution in [-0.2, 0) is 0 Å². The largest absolute Gasteiger partial charge is 0.496 e. The highest BCUT2D eigenvalue weighted by Gasteiger charge is 2.10. The van der Waals surface area contributed by atoms with E-state index in [9.17, 15) is 4.79 Å². The van der Waals surface area contributed by atoms with Crippen LogP contribution in [0.25, 0.3) is 0 Å². The Hall–Kier alpha value is -3.68. The molecule has 0 spiro atoms. The molecule has 0 unspecified atom stereocenters. The number of nitrogens with one attached hydrogen (secondary N) is 3. The number of methoxy groups -OCH3 is 1. The molecule has 1 amide bonds. The molecule has 3 rings (SSSR count). The maximum atomic E-state index is 12.3. The molecule has 0 aliphatic rings. The van der Waals surface area contributed by atoms with Crippen LogP contribution in [0.15, 0.2) is 55.0 Å². The second-order valence-corrected chi connectivity index (χ2v) is 6.01. The highest BCUT2D eigenvalue weighted by atomic mass is 16.5. The fourth-order valence-electron chi connectivity index (χ4n) is 2.55. The number of hydrogen-bond acceptors (Lipinski definition) is 7. The Labute approximate surface area is 163 Å². The van der Waals surface area contributed by atoms with Crippen molar-refractivity contribution >= 4 is 23.4 Å². The Balaban J connectivity index is 1.50. The lowest BCUT2D eigenvalue weighted by Crippen LogP contribution is -2.29. The summed E-state index contributed by atoms with van der Waals surface area (Å²) < 4.78 is 5.21. The fraction of sp³-hybridized carbons (Fsp3) is 0.200. The zero-order chi connectivity index (χ0) is 19.8. The lowest BCUT2D eigenvalue weighted by atomic mass is 10.2. The number of para-hydroxylation sites is 1. The summed E-state index contributed by atoms with van der Waals surface area (Å²) in [4.78, 5) is 24.9. The molecule has 0 saturated carbocycles. The number of anilines is 3. The van der Waals surface area contributed by atoms with Gasteiger partial charge in [-0.15, -0.1) is 0 Å². The first-order valence-electron chi connectivity index (χ1n) is 8.82. The van der Waals surface area contributed by atoms with E-state index in [1.165, 1.54) is 6.33 Å². The normalized spacial score (nSPS) is 10.2. The minimum absolute atomic E-state index is 0.185. The van der Waals surface area contributed by atoms with Crippen molar-refractivity contribution < 1.29 is 9.53 Å². The van der Waals surface area contributed by atoms with Crippen molar-refractivity contribution in [3.63, 3.8) is 0 Å². The van der Waals surface area contributed by atoms with Gasteiger partial charge < -0.3 is 20.7 Å². The van der Waals surface area contributed by atoms with Crippen molar-refractivity contribution in [3.8, 4) is 5.75 Å². The monoisotopic (exact) mass is 378 g/mol. The second kappa shape index (κ2) is 9.31. The number of pyridine rings is 1. The Morgan fingerprint density at radius 3 is 2.61 bits per heavy atom. The highest BCUT2D eigenvalue weighted by molar-refractivity contribution is 5.96. The Morgan fingerprint density at radius 1 is 1.00 bits per heavy atom. The van der Waals surface area contributed by atoms with Crippen LogP contribution in [0, 0.1) is 6.92 Å². The first kappa shape index (κ1) is 19.1. The third-order valence-electron chi connectivity index (χ3n) is 3.91. The molecular weight excluding hydrogens is 356 g/mol. The van der Waals surface area contributed by atoms with Gasteiger partial charge >= 0.3 is 0 Å². The zero-order valence-electron chi connectivity index (χ0n) is 15.8. The fourth-order valence-corrected chi connectivity index (χ4v) is 2.55. The molecule has 0 aliphatic carbocycles. The number of aromatic nitrogens is 3. The Kier molecular flexibility index (Phi) is 6.35. The number of amides is 1. The standard InChI is InChI=1S/C20H22N6O2/c1-14-7-8-21-18(11-14)26-19-12-17(24-13-25-19)22-9-10-23-20(27)15-5-3-4-6-16(15)28-2/h3-8,11-13H,9-10H2,1-2H3,(H,23,27)(H2,21,22,24,25,26). The van der Waals surface area contributed by atoms with Crippen molar-refractivity contribution in [3.05, 3.63) is 66.1 Å². The van der Waals surface area contributed by atoms with Gasteiger partial charge in [-0.2, -0.15) is 0 Å². The summed E-state index contributed by atoms with van der Waals surface area (Å²) in [5, 5.41) is 9.16. The summed E-state index contributed by atoms with van der Waals surface area (Å²) in [6.07, 6.45) is 3.20.